The predicted molar refractivity (Wildman–Crippen MR) is 79.6 cm³/mol. The molecular weight excluding hydrogens is 253 g/mol. The number of hydrogen-bond acceptors (Lipinski definition) is 2. The molecule has 20 heavy (non-hydrogen) atoms. The lowest BCUT2D eigenvalue weighted by molar-refractivity contribution is 0.405. The summed E-state index contributed by atoms with van der Waals surface area (Å²) >= 11 is 0. The Bertz CT molecular complexity index is 583. The van der Waals surface area contributed by atoms with Crippen LogP contribution in [0.1, 0.15) is 22.6 Å². The monoisotopic (exact) mass is 273 g/mol. The molecule has 2 nitrogen and oxygen atoms in total. The van der Waals surface area contributed by atoms with Gasteiger partial charge in [-0.3, -0.25) is 0 Å². The second-order valence-corrected chi connectivity index (χ2v) is 4.97. The molecule has 0 saturated carbocycles. The molecule has 3 heteroatoms. The molecule has 0 fully saturated rings. The second-order valence-electron chi connectivity index (χ2n) is 4.97. The van der Waals surface area contributed by atoms with Crippen molar-refractivity contribution in [2.24, 2.45) is 5.73 Å². The molecule has 0 heterocycles. The van der Waals surface area contributed by atoms with Gasteiger partial charge in [-0.1, -0.05) is 35.9 Å². The first kappa shape index (κ1) is 14.5. The van der Waals surface area contributed by atoms with Crippen LogP contribution < -0.4 is 10.5 Å². The fourth-order valence-corrected chi connectivity index (χ4v) is 2.42. The summed E-state index contributed by atoms with van der Waals surface area (Å²) in [4.78, 5) is 0. The molecule has 2 aromatic rings. The van der Waals surface area contributed by atoms with Gasteiger partial charge in [0.1, 0.15) is 11.6 Å². The third-order valence-electron chi connectivity index (χ3n) is 3.53. The molecule has 0 aliphatic rings. The summed E-state index contributed by atoms with van der Waals surface area (Å²) in [6, 6.07) is 12.8. The Balaban J connectivity index is 2.33. The first-order valence-corrected chi connectivity index (χ1v) is 6.73. The van der Waals surface area contributed by atoms with Crippen LogP contribution in [0.3, 0.4) is 0 Å². The van der Waals surface area contributed by atoms with E-state index in [0.29, 0.717) is 18.5 Å². The molecule has 0 spiro atoms. The van der Waals surface area contributed by atoms with Gasteiger partial charge in [-0.05, 0) is 43.1 Å². The highest BCUT2D eigenvalue weighted by Crippen LogP contribution is 2.30. The van der Waals surface area contributed by atoms with E-state index in [-0.39, 0.29) is 11.7 Å². The summed E-state index contributed by atoms with van der Waals surface area (Å²) in [7, 11) is 1.64. The number of rotatable bonds is 5. The van der Waals surface area contributed by atoms with Gasteiger partial charge in [-0.25, -0.2) is 4.39 Å². The standard InChI is InChI=1S/C17H20FNO/c1-12-7-8-17(20-2)15(9-12)14(11-19)10-13-5-3-4-6-16(13)18/h3-9,14H,10-11,19H2,1-2H3. The molecule has 2 N–H and O–H groups in total. The van der Waals surface area contributed by atoms with Crippen LogP contribution in [-0.4, -0.2) is 13.7 Å². The Hall–Kier alpha value is -1.87. The minimum atomic E-state index is -0.183. The van der Waals surface area contributed by atoms with Gasteiger partial charge >= 0.3 is 0 Å². The summed E-state index contributed by atoms with van der Waals surface area (Å²) in [5, 5.41) is 0. The summed E-state index contributed by atoms with van der Waals surface area (Å²) in [6.07, 6.45) is 0.572. The van der Waals surface area contributed by atoms with Crippen molar-refractivity contribution in [2.45, 2.75) is 19.3 Å². The van der Waals surface area contributed by atoms with Gasteiger partial charge in [0.15, 0.2) is 0 Å². The molecule has 0 radical (unpaired) electrons. The Kier molecular flexibility index (Phi) is 4.74. The topological polar surface area (TPSA) is 35.2 Å². The smallest absolute Gasteiger partial charge is 0.126 e. The molecule has 2 aromatic carbocycles. The van der Waals surface area contributed by atoms with Gasteiger partial charge in [0.2, 0.25) is 0 Å². The van der Waals surface area contributed by atoms with E-state index in [1.165, 1.54) is 6.07 Å². The normalized spacial score (nSPS) is 12.2. The molecule has 0 amide bonds. The van der Waals surface area contributed by atoms with Crippen LogP contribution in [0.4, 0.5) is 4.39 Å². The zero-order valence-corrected chi connectivity index (χ0v) is 11.9. The van der Waals surface area contributed by atoms with E-state index in [4.69, 9.17) is 10.5 Å². The van der Waals surface area contributed by atoms with Gasteiger partial charge in [-0.2, -0.15) is 0 Å². The van der Waals surface area contributed by atoms with E-state index < -0.39 is 0 Å². The van der Waals surface area contributed by atoms with Crippen molar-refractivity contribution >= 4 is 0 Å². The van der Waals surface area contributed by atoms with E-state index in [2.05, 4.69) is 6.07 Å². The Morgan fingerprint density at radius 1 is 1.20 bits per heavy atom. The zero-order valence-electron chi connectivity index (χ0n) is 11.9. The third-order valence-corrected chi connectivity index (χ3v) is 3.53. The lowest BCUT2D eigenvalue weighted by Gasteiger charge is -2.19. The van der Waals surface area contributed by atoms with E-state index in [1.54, 1.807) is 19.2 Å². The van der Waals surface area contributed by atoms with Crippen molar-refractivity contribution in [3.63, 3.8) is 0 Å². The third kappa shape index (κ3) is 3.17. The van der Waals surface area contributed by atoms with Crippen LogP contribution in [0.2, 0.25) is 0 Å². The largest absolute Gasteiger partial charge is 0.496 e. The zero-order chi connectivity index (χ0) is 14.5. The Morgan fingerprint density at radius 2 is 1.95 bits per heavy atom. The summed E-state index contributed by atoms with van der Waals surface area (Å²) < 4.78 is 19.2. The summed E-state index contributed by atoms with van der Waals surface area (Å²) in [5.41, 5.74) is 8.77. The molecule has 0 bridgehead atoms. The first-order chi connectivity index (χ1) is 9.65. The summed E-state index contributed by atoms with van der Waals surface area (Å²) in [6.45, 7) is 2.48. The maximum absolute atomic E-state index is 13.8. The minimum Gasteiger partial charge on any atom is -0.496 e. The van der Waals surface area contributed by atoms with Crippen LogP contribution in [0.25, 0.3) is 0 Å². The van der Waals surface area contributed by atoms with Crippen LogP contribution >= 0.6 is 0 Å². The lowest BCUT2D eigenvalue weighted by atomic mass is 9.90. The maximum atomic E-state index is 13.8. The SMILES string of the molecule is COc1ccc(C)cc1C(CN)Cc1ccccc1F. The highest BCUT2D eigenvalue weighted by Gasteiger charge is 2.17. The fourth-order valence-electron chi connectivity index (χ4n) is 2.42. The molecule has 0 aliphatic heterocycles. The van der Waals surface area contributed by atoms with Crippen LogP contribution in [0, 0.1) is 12.7 Å². The van der Waals surface area contributed by atoms with E-state index >= 15 is 0 Å². The van der Waals surface area contributed by atoms with E-state index in [0.717, 1.165) is 16.9 Å². The van der Waals surface area contributed by atoms with Crippen LogP contribution in [0.15, 0.2) is 42.5 Å². The number of ether oxygens (including phenoxy) is 1. The Morgan fingerprint density at radius 3 is 2.60 bits per heavy atom. The minimum absolute atomic E-state index is 0.0433. The molecule has 2 rings (SSSR count). The fraction of sp³-hybridized carbons (Fsp3) is 0.294. The van der Waals surface area contributed by atoms with Crippen LogP contribution in [-0.2, 0) is 6.42 Å². The van der Waals surface area contributed by atoms with E-state index in [9.17, 15) is 4.39 Å². The molecule has 1 atom stereocenters. The lowest BCUT2D eigenvalue weighted by Crippen LogP contribution is -2.16. The van der Waals surface area contributed by atoms with Gasteiger partial charge in [0, 0.05) is 5.92 Å². The van der Waals surface area contributed by atoms with Gasteiger partial charge in [-0.15, -0.1) is 0 Å². The molecular formula is C17H20FNO. The van der Waals surface area contributed by atoms with Crippen LogP contribution in [0.5, 0.6) is 5.75 Å². The van der Waals surface area contributed by atoms with Gasteiger partial charge in [0.25, 0.3) is 0 Å². The average Bonchev–Trinajstić information content (AvgIpc) is 2.46. The van der Waals surface area contributed by atoms with Gasteiger partial charge < -0.3 is 10.5 Å². The molecule has 1 unspecified atom stereocenters. The van der Waals surface area contributed by atoms with Crippen molar-refractivity contribution in [3.8, 4) is 5.75 Å². The van der Waals surface area contributed by atoms with Crippen molar-refractivity contribution in [3.05, 3.63) is 65.0 Å². The highest BCUT2D eigenvalue weighted by molar-refractivity contribution is 5.40. The number of hydrogen-bond donors (Lipinski definition) is 1. The second kappa shape index (κ2) is 6.53. The van der Waals surface area contributed by atoms with E-state index in [1.807, 2.05) is 25.1 Å². The first-order valence-electron chi connectivity index (χ1n) is 6.73. The van der Waals surface area contributed by atoms with Crippen molar-refractivity contribution in [2.75, 3.05) is 13.7 Å². The maximum Gasteiger partial charge on any atom is 0.126 e. The molecule has 0 aromatic heterocycles. The summed E-state index contributed by atoms with van der Waals surface area (Å²) in [5.74, 6) is 0.668. The molecule has 0 saturated heterocycles. The predicted octanol–water partition coefficient (Wildman–Crippen LogP) is 3.43. The number of benzene rings is 2. The molecule has 0 aliphatic carbocycles. The van der Waals surface area contributed by atoms with Gasteiger partial charge in [0.05, 0.1) is 7.11 Å². The van der Waals surface area contributed by atoms with Crippen molar-refractivity contribution in [1.82, 2.24) is 0 Å². The number of halogens is 1. The average molecular weight is 273 g/mol. The number of methoxy groups -OCH3 is 1. The number of aryl methyl sites for hydroxylation is 1. The Labute approximate surface area is 119 Å². The number of nitrogens with two attached hydrogens (primary N) is 1. The highest BCUT2D eigenvalue weighted by atomic mass is 19.1. The van der Waals surface area contributed by atoms with Crippen molar-refractivity contribution in [1.29, 1.82) is 0 Å². The molecule has 106 valence electrons. The van der Waals surface area contributed by atoms with Crippen molar-refractivity contribution < 1.29 is 9.13 Å². The quantitative estimate of drug-likeness (QED) is 0.906.